The lowest BCUT2D eigenvalue weighted by molar-refractivity contribution is 0.102. The summed E-state index contributed by atoms with van der Waals surface area (Å²) in [6.45, 7) is 2.02. The van der Waals surface area contributed by atoms with Crippen LogP contribution in [0.1, 0.15) is 16.1 Å². The van der Waals surface area contributed by atoms with Gasteiger partial charge >= 0.3 is 0 Å². The minimum Gasteiger partial charge on any atom is -0.497 e. The molecule has 0 unspecified atom stereocenters. The van der Waals surface area contributed by atoms with E-state index in [-0.39, 0.29) is 11.6 Å². The molecule has 0 radical (unpaired) electrons. The van der Waals surface area contributed by atoms with Gasteiger partial charge in [0.1, 0.15) is 11.5 Å². The fourth-order valence-corrected chi connectivity index (χ4v) is 2.39. The van der Waals surface area contributed by atoms with Gasteiger partial charge in [0.2, 0.25) is 0 Å². The summed E-state index contributed by atoms with van der Waals surface area (Å²) < 4.78 is 10.4. The smallest absolute Gasteiger partial charge is 0.276 e. The summed E-state index contributed by atoms with van der Waals surface area (Å²) in [7, 11) is 3.09. The van der Waals surface area contributed by atoms with Crippen molar-refractivity contribution in [1.29, 1.82) is 0 Å². The average Bonchev–Trinajstić information content (AvgIpc) is 2.70. The molecule has 27 heavy (non-hydrogen) atoms. The molecule has 0 aliphatic heterocycles. The third-order valence-electron chi connectivity index (χ3n) is 3.88. The van der Waals surface area contributed by atoms with Crippen molar-refractivity contribution >= 4 is 23.1 Å². The van der Waals surface area contributed by atoms with Gasteiger partial charge in [-0.3, -0.25) is 4.79 Å². The van der Waals surface area contributed by atoms with E-state index in [1.807, 2.05) is 31.2 Å². The first kappa shape index (κ1) is 18.2. The van der Waals surface area contributed by atoms with Gasteiger partial charge in [0, 0.05) is 11.8 Å². The number of aromatic nitrogens is 2. The van der Waals surface area contributed by atoms with E-state index in [4.69, 9.17) is 9.47 Å². The maximum Gasteiger partial charge on any atom is 0.276 e. The van der Waals surface area contributed by atoms with Crippen LogP contribution in [0.4, 0.5) is 17.2 Å². The molecule has 2 N–H and O–H groups in total. The second kappa shape index (κ2) is 8.18. The monoisotopic (exact) mass is 364 g/mol. The molecule has 138 valence electrons. The number of rotatable bonds is 6. The van der Waals surface area contributed by atoms with E-state index >= 15 is 0 Å². The summed E-state index contributed by atoms with van der Waals surface area (Å²) >= 11 is 0. The molecule has 0 aliphatic rings. The van der Waals surface area contributed by atoms with Gasteiger partial charge in [-0.1, -0.05) is 17.7 Å². The van der Waals surface area contributed by atoms with Crippen LogP contribution in [0.15, 0.2) is 54.6 Å². The number of nitrogens with zero attached hydrogens (tertiary/aromatic N) is 2. The van der Waals surface area contributed by atoms with Crippen LogP contribution in [-0.4, -0.2) is 30.3 Å². The van der Waals surface area contributed by atoms with Crippen LogP contribution in [-0.2, 0) is 0 Å². The fraction of sp³-hybridized carbons (Fsp3) is 0.150. The Kier molecular flexibility index (Phi) is 5.51. The largest absolute Gasteiger partial charge is 0.497 e. The molecule has 0 saturated heterocycles. The van der Waals surface area contributed by atoms with Crippen molar-refractivity contribution in [2.75, 3.05) is 24.9 Å². The summed E-state index contributed by atoms with van der Waals surface area (Å²) in [5.74, 6) is 1.30. The molecule has 0 aliphatic carbocycles. The standard InChI is InChI=1S/C20H20N4O3/c1-13-4-6-14(7-5-13)21-19-11-10-17(23-24-19)20(25)22-16-9-8-15(26-2)12-18(16)27-3/h4-12H,1-3H3,(H,21,24)(H,22,25). The number of amides is 1. The van der Waals surface area contributed by atoms with E-state index < -0.39 is 0 Å². The number of carbonyl (C=O) groups excluding carboxylic acids is 1. The van der Waals surface area contributed by atoms with Gasteiger partial charge in [-0.15, -0.1) is 10.2 Å². The molecule has 0 fully saturated rings. The maximum atomic E-state index is 12.4. The number of benzene rings is 2. The second-order valence-electron chi connectivity index (χ2n) is 5.82. The number of methoxy groups -OCH3 is 2. The Morgan fingerprint density at radius 1 is 0.926 bits per heavy atom. The average molecular weight is 364 g/mol. The molecular weight excluding hydrogens is 344 g/mol. The Hall–Kier alpha value is -3.61. The quantitative estimate of drug-likeness (QED) is 0.692. The number of ether oxygens (including phenoxy) is 2. The van der Waals surface area contributed by atoms with Crippen molar-refractivity contribution in [2.24, 2.45) is 0 Å². The van der Waals surface area contributed by atoms with Gasteiger partial charge in [-0.2, -0.15) is 0 Å². The molecule has 0 saturated carbocycles. The molecule has 1 amide bonds. The fourth-order valence-electron chi connectivity index (χ4n) is 2.39. The Labute approximate surface area is 157 Å². The highest BCUT2D eigenvalue weighted by molar-refractivity contribution is 6.03. The van der Waals surface area contributed by atoms with Crippen molar-refractivity contribution < 1.29 is 14.3 Å². The summed E-state index contributed by atoms with van der Waals surface area (Å²) in [6, 6.07) is 16.3. The lowest BCUT2D eigenvalue weighted by atomic mass is 10.2. The van der Waals surface area contributed by atoms with Crippen LogP contribution in [0.3, 0.4) is 0 Å². The Morgan fingerprint density at radius 3 is 2.33 bits per heavy atom. The Bertz CT molecular complexity index is 925. The Morgan fingerprint density at radius 2 is 1.70 bits per heavy atom. The molecule has 0 bridgehead atoms. The Balaban J connectivity index is 1.69. The van der Waals surface area contributed by atoms with Crippen LogP contribution < -0.4 is 20.1 Å². The minimum absolute atomic E-state index is 0.197. The number of aryl methyl sites for hydroxylation is 1. The van der Waals surface area contributed by atoms with Gasteiger partial charge in [-0.05, 0) is 43.3 Å². The summed E-state index contributed by atoms with van der Waals surface area (Å²) in [5, 5.41) is 13.9. The van der Waals surface area contributed by atoms with E-state index in [0.717, 1.165) is 5.69 Å². The number of nitrogens with one attached hydrogen (secondary N) is 2. The van der Waals surface area contributed by atoms with E-state index in [2.05, 4.69) is 20.8 Å². The highest BCUT2D eigenvalue weighted by atomic mass is 16.5. The molecule has 1 aromatic heterocycles. The van der Waals surface area contributed by atoms with Gasteiger partial charge in [-0.25, -0.2) is 0 Å². The summed E-state index contributed by atoms with van der Waals surface area (Å²) in [4.78, 5) is 12.4. The second-order valence-corrected chi connectivity index (χ2v) is 5.82. The predicted octanol–water partition coefficient (Wildman–Crippen LogP) is 3.80. The summed E-state index contributed by atoms with van der Waals surface area (Å²) in [6.07, 6.45) is 0. The molecule has 3 aromatic rings. The first-order valence-electron chi connectivity index (χ1n) is 8.30. The number of carbonyl (C=O) groups is 1. The maximum absolute atomic E-state index is 12.4. The van der Waals surface area contributed by atoms with Crippen molar-refractivity contribution in [2.45, 2.75) is 6.92 Å². The highest BCUT2D eigenvalue weighted by Crippen LogP contribution is 2.29. The van der Waals surface area contributed by atoms with E-state index in [0.29, 0.717) is 23.0 Å². The normalized spacial score (nSPS) is 10.2. The number of hydrogen-bond donors (Lipinski definition) is 2. The molecule has 1 heterocycles. The zero-order chi connectivity index (χ0) is 19.2. The lowest BCUT2D eigenvalue weighted by Gasteiger charge is -2.11. The minimum atomic E-state index is -0.382. The molecule has 0 atom stereocenters. The van der Waals surface area contributed by atoms with Crippen molar-refractivity contribution in [1.82, 2.24) is 10.2 Å². The van der Waals surface area contributed by atoms with Crippen LogP contribution in [0.25, 0.3) is 0 Å². The van der Waals surface area contributed by atoms with Crippen LogP contribution in [0, 0.1) is 6.92 Å². The summed E-state index contributed by atoms with van der Waals surface area (Å²) in [5.41, 5.74) is 2.79. The predicted molar refractivity (Wildman–Crippen MR) is 104 cm³/mol. The zero-order valence-electron chi connectivity index (χ0n) is 15.3. The third-order valence-corrected chi connectivity index (χ3v) is 3.88. The lowest BCUT2D eigenvalue weighted by Crippen LogP contribution is -2.15. The van der Waals surface area contributed by atoms with Crippen LogP contribution >= 0.6 is 0 Å². The molecule has 2 aromatic carbocycles. The first-order chi connectivity index (χ1) is 13.1. The van der Waals surface area contributed by atoms with Crippen molar-refractivity contribution in [3.8, 4) is 11.5 Å². The molecular formula is C20H20N4O3. The van der Waals surface area contributed by atoms with Crippen molar-refractivity contribution in [3.63, 3.8) is 0 Å². The first-order valence-corrected chi connectivity index (χ1v) is 8.30. The highest BCUT2D eigenvalue weighted by Gasteiger charge is 2.12. The van der Waals surface area contributed by atoms with Crippen molar-refractivity contribution in [3.05, 3.63) is 65.9 Å². The van der Waals surface area contributed by atoms with Gasteiger partial charge in [0.15, 0.2) is 11.5 Å². The molecule has 0 spiro atoms. The van der Waals surface area contributed by atoms with Gasteiger partial charge < -0.3 is 20.1 Å². The van der Waals surface area contributed by atoms with E-state index in [1.54, 1.807) is 37.4 Å². The topological polar surface area (TPSA) is 85.4 Å². The zero-order valence-corrected chi connectivity index (χ0v) is 15.3. The van der Waals surface area contributed by atoms with E-state index in [1.165, 1.54) is 12.7 Å². The van der Waals surface area contributed by atoms with Crippen LogP contribution in [0.5, 0.6) is 11.5 Å². The van der Waals surface area contributed by atoms with E-state index in [9.17, 15) is 4.79 Å². The van der Waals surface area contributed by atoms with Crippen LogP contribution in [0.2, 0.25) is 0 Å². The number of anilines is 3. The number of hydrogen-bond acceptors (Lipinski definition) is 6. The van der Waals surface area contributed by atoms with Gasteiger partial charge in [0.25, 0.3) is 5.91 Å². The SMILES string of the molecule is COc1ccc(NC(=O)c2ccc(Nc3ccc(C)cc3)nn2)c(OC)c1. The molecule has 7 heteroatoms. The molecule has 3 rings (SSSR count). The third kappa shape index (κ3) is 4.52. The van der Waals surface area contributed by atoms with Gasteiger partial charge in [0.05, 0.1) is 19.9 Å². The molecule has 7 nitrogen and oxygen atoms in total.